The van der Waals surface area contributed by atoms with Gasteiger partial charge in [0, 0.05) is 13.7 Å². The maximum absolute atomic E-state index is 13.3. The average molecular weight is 353 g/mol. The first-order valence-electron chi connectivity index (χ1n) is 9.63. The van der Waals surface area contributed by atoms with Crippen molar-refractivity contribution in [1.29, 1.82) is 0 Å². The quantitative estimate of drug-likeness (QED) is 0.847. The first-order chi connectivity index (χ1) is 12.6. The minimum Gasteiger partial charge on any atom is -0.368 e. The molecule has 1 aliphatic carbocycles. The molecule has 1 aromatic carbocycles. The van der Waals surface area contributed by atoms with Gasteiger partial charge >= 0.3 is 0 Å². The van der Waals surface area contributed by atoms with E-state index in [-0.39, 0.29) is 18.1 Å². The highest BCUT2D eigenvalue weighted by Crippen LogP contribution is 2.36. The molecule has 2 heterocycles. The molecule has 1 aromatic heterocycles. The van der Waals surface area contributed by atoms with E-state index in [0.29, 0.717) is 13.2 Å². The van der Waals surface area contributed by atoms with Gasteiger partial charge in [0.05, 0.1) is 24.0 Å². The number of aromatic nitrogens is 2. The molecule has 1 amide bonds. The van der Waals surface area contributed by atoms with Crippen LogP contribution >= 0.6 is 0 Å². The Labute approximate surface area is 154 Å². The smallest absolute Gasteiger partial charge is 0.252 e. The van der Waals surface area contributed by atoms with Crippen molar-refractivity contribution < 1.29 is 9.53 Å². The Kier molecular flexibility index (Phi) is 4.81. The van der Waals surface area contributed by atoms with Gasteiger partial charge in [-0.25, -0.2) is 0 Å². The number of hydrogen-bond acceptors (Lipinski definition) is 3. The Hall–Kier alpha value is -2.14. The van der Waals surface area contributed by atoms with Crippen LogP contribution in [0.2, 0.25) is 0 Å². The molecule has 1 fully saturated rings. The van der Waals surface area contributed by atoms with Crippen LogP contribution in [0.25, 0.3) is 0 Å². The fraction of sp³-hybridized carbons (Fsp3) is 0.524. The molecule has 2 aliphatic rings. The standard InChI is InChI=1S/C21H27N3O2/c1-15-13-17(23(2)22-15)14-24(21(25)20-11-6-12-26-20)19-10-5-8-16-7-3-4-9-18(16)19/h3-4,7,9,13,19-20H,5-6,8,10-12,14H2,1-2H3/t19-,20+/m1/s1. The third-order valence-corrected chi connectivity index (χ3v) is 5.63. The molecule has 1 saturated heterocycles. The van der Waals surface area contributed by atoms with Crippen LogP contribution in [0.3, 0.4) is 0 Å². The van der Waals surface area contributed by atoms with E-state index in [1.807, 2.05) is 23.6 Å². The fourth-order valence-electron chi connectivity index (χ4n) is 4.34. The van der Waals surface area contributed by atoms with Gasteiger partial charge in [-0.2, -0.15) is 5.10 Å². The van der Waals surface area contributed by atoms with Crippen molar-refractivity contribution >= 4 is 5.91 Å². The van der Waals surface area contributed by atoms with Gasteiger partial charge in [-0.1, -0.05) is 24.3 Å². The van der Waals surface area contributed by atoms with Gasteiger partial charge in [0.1, 0.15) is 6.10 Å². The molecule has 0 unspecified atom stereocenters. The van der Waals surface area contributed by atoms with Gasteiger partial charge in [-0.15, -0.1) is 0 Å². The Morgan fingerprint density at radius 1 is 1.31 bits per heavy atom. The maximum atomic E-state index is 13.3. The summed E-state index contributed by atoms with van der Waals surface area (Å²) in [5.41, 5.74) is 4.71. The lowest BCUT2D eigenvalue weighted by Crippen LogP contribution is -2.42. The van der Waals surface area contributed by atoms with Crippen molar-refractivity contribution in [3.63, 3.8) is 0 Å². The number of amides is 1. The van der Waals surface area contributed by atoms with Crippen LogP contribution in [0.5, 0.6) is 0 Å². The predicted molar refractivity (Wildman–Crippen MR) is 99.6 cm³/mol. The molecule has 4 rings (SSSR count). The minimum atomic E-state index is -0.293. The molecule has 5 heteroatoms. The Morgan fingerprint density at radius 3 is 2.88 bits per heavy atom. The van der Waals surface area contributed by atoms with Gasteiger partial charge in [-0.05, 0) is 56.2 Å². The van der Waals surface area contributed by atoms with Crippen molar-refractivity contribution in [3.8, 4) is 0 Å². The number of ether oxygens (including phenoxy) is 1. The minimum absolute atomic E-state index is 0.117. The van der Waals surface area contributed by atoms with Crippen molar-refractivity contribution in [2.45, 2.75) is 57.7 Å². The van der Waals surface area contributed by atoms with Gasteiger partial charge in [-0.3, -0.25) is 9.48 Å². The highest BCUT2D eigenvalue weighted by Gasteiger charge is 2.35. The first-order valence-corrected chi connectivity index (χ1v) is 9.63. The second-order valence-corrected chi connectivity index (χ2v) is 7.48. The molecule has 0 saturated carbocycles. The van der Waals surface area contributed by atoms with Crippen LogP contribution in [-0.4, -0.2) is 33.3 Å². The number of benzene rings is 1. The predicted octanol–water partition coefficient (Wildman–Crippen LogP) is 3.31. The number of nitrogens with zero attached hydrogens (tertiary/aromatic N) is 3. The zero-order valence-electron chi connectivity index (χ0n) is 15.6. The van der Waals surface area contributed by atoms with Crippen molar-refractivity contribution in [1.82, 2.24) is 14.7 Å². The maximum Gasteiger partial charge on any atom is 0.252 e. The van der Waals surface area contributed by atoms with Crippen LogP contribution in [0.4, 0.5) is 0 Å². The van der Waals surface area contributed by atoms with E-state index >= 15 is 0 Å². The van der Waals surface area contributed by atoms with Gasteiger partial charge in [0.15, 0.2) is 0 Å². The highest BCUT2D eigenvalue weighted by molar-refractivity contribution is 5.81. The molecule has 1 aliphatic heterocycles. The van der Waals surface area contributed by atoms with Gasteiger partial charge in [0.2, 0.25) is 0 Å². The Balaban J connectivity index is 1.68. The Bertz CT molecular complexity index is 792. The van der Waals surface area contributed by atoms with Crippen molar-refractivity contribution in [3.05, 3.63) is 52.8 Å². The van der Waals surface area contributed by atoms with E-state index in [0.717, 1.165) is 43.5 Å². The largest absolute Gasteiger partial charge is 0.368 e. The fourth-order valence-corrected chi connectivity index (χ4v) is 4.34. The summed E-state index contributed by atoms with van der Waals surface area (Å²) in [7, 11) is 1.95. The van der Waals surface area contributed by atoms with Gasteiger partial charge in [0.25, 0.3) is 5.91 Å². The summed E-state index contributed by atoms with van der Waals surface area (Å²) in [4.78, 5) is 15.4. The summed E-state index contributed by atoms with van der Waals surface area (Å²) in [6.45, 7) is 3.26. The van der Waals surface area contributed by atoms with Crippen molar-refractivity contribution in [2.75, 3.05) is 6.61 Å². The number of hydrogen-bond donors (Lipinski definition) is 0. The summed E-state index contributed by atoms with van der Waals surface area (Å²) in [6.07, 6.45) is 4.72. The van der Waals surface area contributed by atoms with Crippen molar-refractivity contribution in [2.24, 2.45) is 7.05 Å². The number of fused-ring (bicyclic) bond motifs is 1. The SMILES string of the molecule is Cc1cc(CN(C(=O)[C@@H]2CCCO2)[C@@H]2CCCc3ccccc32)n(C)n1. The molecule has 2 aromatic rings. The second-order valence-electron chi connectivity index (χ2n) is 7.48. The lowest BCUT2D eigenvalue weighted by Gasteiger charge is -2.37. The normalized spacial score (nSPS) is 22.2. The second kappa shape index (κ2) is 7.23. The van der Waals surface area contributed by atoms with Crippen LogP contribution < -0.4 is 0 Å². The molecule has 0 radical (unpaired) electrons. The van der Waals surface area contributed by atoms with Gasteiger partial charge < -0.3 is 9.64 Å². The van der Waals surface area contributed by atoms with E-state index < -0.39 is 0 Å². The number of carbonyl (C=O) groups is 1. The van der Waals surface area contributed by atoms with Crippen LogP contribution in [0, 0.1) is 6.92 Å². The highest BCUT2D eigenvalue weighted by atomic mass is 16.5. The molecule has 5 nitrogen and oxygen atoms in total. The molecule has 138 valence electrons. The summed E-state index contributed by atoms with van der Waals surface area (Å²) in [5, 5.41) is 4.46. The molecule has 0 spiro atoms. The summed E-state index contributed by atoms with van der Waals surface area (Å²) < 4.78 is 7.62. The summed E-state index contributed by atoms with van der Waals surface area (Å²) >= 11 is 0. The zero-order valence-corrected chi connectivity index (χ0v) is 15.6. The van der Waals surface area contributed by atoms with E-state index in [1.165, 1.54) is 11.1 Å². The van der Waals surface area contributed by atoms with E-state index in [9.17, 15) is 4.79 Å². The lowest BCUT2D eigenvalue weighted by atomic mass is 9.86. The molecule has 0 bridgehead atoms. The number of aryl methyl sites for hydroxylation is 3. The zero-order chi connectivity index (χ0) is 18.1. The molecule has 0 N–H and O–H groups in total. The topological polar surface area (TPSA) is 47.4 Å². The number of rotatable bonds is 4. The van der Waals surface area contributed by atoms with E-state index in [1.54, 1.807) is 0 Å². The summed E-state index contributed by atoms with van der Waals surface area (Å²) in [6, 6.07) is 10.8. The van der Waals surface area contributed by atoms with Crippen LogP contribution in [-0.2, 0) is 29.5 Å². The third kappa shape index (κ3) is 3.28. The summed E-state index contributed by atoms with van der Waals surface area (Å²) in [5.74, 6) is 0.128. The molecule has 2 atom stereocenters. The van der Waals surface area contributed by atoms with Crippen LogP contribution in [0.15, 0.2) is 30.3 Å². The lowest BCUT2D eigenvalue weighted by molar-refractivity contribution is -0.144. The molecular weight excluding hydrogens is 326 g/mol. The number of carbonyl (C=O) groups excluding carboxylic acids is 1. The Morgan fingerprint density at radius 2 is 2.15 bits per heavy atom. The van der Waals surface area contributed by atoms with E-state index in [4.69, 9.17) is 4.74 Å². The van der Waals surface area contributed by atoms with Crippen LogP contribution in [0.1, 0.15) is 54.2 Å². The molecule has 26 heavy (non-hydrogen) atoms. The average Bonchev–Trinajstić information content (AvgIpc) is 3.28. The first kappa shape index (κ1) is 17.3. The van der Waals surface area contributed by atoms with E-state index in [2.05, 4.69) is 35.4 Å². The molecular formula is C21H27N3O2. The third-order valence-electron chi connectivity index (χ3n) is 5.63. The monoisotopic (exact) mass is 353 g/mol.